The molecule has 2 heterocycles. The molecule has 0 fully saturated rings. The highest BCUT2D eigenvalue weighted by Crippen LogP contribution is 2.37. The third-order valence-corrected chi connectivity index (χ3v) is 8.56. The number of fused-ring (bicyclic) bond motifs is 1. The van der Waals surface area contributed by atoms with Crippen molar-refractivity contribution in [3.63, 3.8) is 0 Å². The summed E-state index contributed by atoms with van der Waals surface area (Å²) in [5, 5.41) is 0.761. The zero-order valence-corrected chi connectivity index (χ0v) is 22.0. The van der Waals surface area contributed by atoms with Gasteiger partial charge < -0.3 is 4.42 Å². The largest absolute Gasteiger partial charge is 0.435 e. The first-order chi connectivity index (χ1) is 19.5. The molecule has 0 amide bonds. The SMILES string of the molecule is [2H]C([2H])([2H])c1cc([Si](C)(C)C)cc(C([2H])([2H])[2H])c1-c1cc[n+](C)c(-c2c(C)cc(F)c3nc(-c4ccccc4)oc23)c1. The fraction of sp³-hybridized carbons (Fsp3) is 0.226. The van der Waals surface area contributed by atoms with E-state index in [4.69, 9.17) is 12.6 Å². The maximum Gasteiger partial charge on any atom is 0.227 e. The van der Waals surface area contributed by atoms with E-state index in [-0.39, 0.29) is 33.7 Å². The quantitative estimate of drug-likeness (QED) is 0.192. The zero-order valence-electron chi connectivity index (χ0n) is 27.0. The average Bonchev–Trinajstić information content (AvgIpc) is 3.34. The van der Waals surface area contributed by atoms with E-state index in [9.17, 15) is 0 Å². The van der Waals surface area contributed by atoms with E-state index in [0.717, 1.165) is 5.19 Å². The summed E-state index contributed by atoms with van der Waals surface area (Å²) < 4.78 is 73.4. The first kappa shape index (κ1) is 17.8. The summed E-state index contributed by atoms with van der Waals surface area (Å²) in [6.07, 6.45) is 1.74. The van der Waals surface area contributed by atoms with Crippen molar-refractivity contribution in [3.05, 3.63) is 89.4 Å². The molecule has 0 bridgehead atoms. The lowest BCUT2D eigenvalue weighted by Gasteiger charge is -2.21. The van der Waals surface area contributed by atoms with Gasteiger partial charge in [-0.05, 0) is 66.6 Å². The van der Waals surface area contributed by atoms with E-state index in [2.05, 4.69) is 24.6 Å². The van der Waals surface area contributed by atoms with Crippen LogP contribution in [0.4, 0.5) is 4.39 Å². The molecule has 0 radical (unpaired) electrons. The fourth-order valence-corrected chi connectivity index (χ4v) is 5.70. The number of halogens is 1. The molecule has 0 saturated heterocycles. The van der Waals surface area contributed by atoms with Crippen LogP contribution in [0.25, 0.3) is 44.9 Å². The molecule has 0 aliphatic heterocycles. The Kier molecular flexibility index (Phi) is 4.36. The van der Waals surface area contributed by atoms with Crippen molar-refractivity contribution in [3.8, 4) is 33.8 Å². The number of rotatable bonds is 4. The number of hydrogen-bond donors (Lipinski definition) is 0. The van der Waals surface area contributed by atoms with Crippen molar-refractivity contribution in [1.82, 2.24) is 4.98 Å². The predicted molar refractivity (Wildman–Crippen MR) is 149 cm³/mol. The summed E-state index contributed by atoms with van der Waals surface area (Å²) in [7, 11) is -0.267. The minimum atomic E-state index is -2.56. The van der Waals surface area contributed by atoms with Crippen molar-refractivity contribution >= 4 is 24.4 Å². The first-order valence-corrected chi connectivity index (χ1v) is 15.3. The van der Waals surface area contributed by atoms with Crippen LogP contribution in [0.3, 0.4) is 0 Å². The van der Waals surface area contributed by atoms with Crippen LogP contribution in [0.1, 0.15) is 24.9 Å². The smallest absolute Gasteiger partial charge is 0.227 e. The van der Waals surface area contributed by atoms with E-state index in [1.165, 1.54) is 6.07 Å². The molecule has 36 heavy (non-hydrogen) atoms. The summed E-state index contributed by atoms with van der Waals surface area (Å²) in [5.74, 6) is -0.251. The van der Waals surface area contributed by atoms with Crippen molar-refractivity contribution in [2.45, 2.75) is 40.3 Å². The van der Waals surface area contributed by atoms with Gasteiger partial charge in [-0.2, -0.15) is 0 Å². The second-order valence-electron chi connectivity index (χ2n) is 10.2. The van der Waals surface area contributed by atoms with Crippen LogP contribution in [0, 0.1) is 26.4 Å². The first-order valence-electron chi connectivity index (χ1n) is 14.8. The van der Waals surface area contributed by atoms with Crippen LogP contribution in [-0.2, 0) is 7.05 Å². The maximum atomic E-state index is 15.2. The summed E-state index contributed by atoms with van der Waals surface area (Å²) in [6.45, 7) is 2.81. The van der Waals surface area contributed by atoms with Crippen LogP contribution in [-0.4, -0.2) is 13.1 Å². The maximum absolute atomic E-state index is 15.2. The number of pyridine rings is 1. The van der Waals surface area contributed by atoms with Gasteiger partial charge in [0.15, 0.2) is 17.6 Å². The highest BCUT2D eigenvalue weighted by atomic mass is 28.3. The molecule has 0 atom stereocenters. The topological polar surface area (TPSA) is 29.9 Å². The predicted octanol–water partition coefficient (Wildman–Crippen LogP) is 7.26. The Morgan fingerprint density at radius 3 is 2.22 bits per heavy atom. The third-order valence-electron chi connectivity index (χ3n) is 6.54. The second kappa shape index (κ2) is 8.82. The zero-order chi connectivity index (χ0) is 30.8. The normalized spacial score (nSPS) is 15.1. The van der Waals surface area contributed by atoms with Crippen LogP contribution < -0.4 is 9.75 Å². The van der Waals surface area contributed by atoms with Crippen molar-refractivity contribution in [2.24, 2.45) is 7.05 Å². The summed E-state index contributed by atoms with van der Waals surface area (Å²) in [4.78, 5) is 4.45. The molecule has 5 aromatic rings. The highest BCUT2D eigenvalue weighted by molar-refractivity contribution is 6.88. The molecule has 0 spiro atoms. The van der Waals surface area contributed by atoms with Crippen molar-refractivity contribution in [2.75, 3.05) is 0 Å². The number of nitrogens with zero attached hydrogens (tertiary/aromatic N) is 2. The number of aryl methyl sites for hydroxylation is 4. The molecule has 0 unspecified atom stereocenters. The Bertz CT molecular complexity index is 1790. The summed E-state index contributed by atoms with van der Waals surface area (Å²) in [5.41, 5.74) is 3.38. The van der Waals surface area contributed by atoms with Gasteiger partial charge >= 0.3 is 0 Å². The number of aromatic nitrogens is 2. The molecule has 0 saturated carbocycles. The highest BCUT2D eigenvalue weighted by Gasteiger charge is 2.25. The fourth-order valence-electron chi connectivity index (χ4n) is 4.54. The van der Waals surface area contributed by atoms with Gasteiger partial charge in [-0.3, -0.25) is 0 Å². The second-order valence-corrected chi connectivity index (χ2v) is 15.3. The Morgan fingerprint density at radius 2 is 1.58 bits per heavy atom. The van der Waals surface area contributed by atoms with Gasteiger partial charge in [0.25, 0.3) is 0 Å². The van der Waals surface area contributed by atoms with E-state index >= 15 is 4.39 Å². The molecular formula is C31H32FN2OSi+. The molecule has 5 rings (SSSR count). The average molecular weight is 502 g/mol. The Balaban J connectivity index is 1.83. The molecule has 2 aromatic heterocycles. The number of oxazole rings is 1. The monoisotopic (exact) mass is 501 g/mol. The van der Waals surface area contributed by atoms with E-state index in [1.54, 1.807) is 37.4 Å². The van der Waals surface area contributed by atoms with Crippen LogP contribution in [0.15, 0.2) is 71.3 Å². The standard InChI is InChI=1S/C31H32FN2OSi/c1-19-15-24(36(5,6)7)16-20(2)27(19)23-13-14-34(4)26(18-23)28-21(3)17-25(32)29-30(28)35-31(33-29)22-11-9-8-10-12-22/h8-18H,1-7H3/q+1/i1D3,2D3. The van der Waals surface area contributed by atoms with Gasteiger partial charge in [0.05, 0.1) is 13.6 Å². The Hall–Kier alpha value is -3.57. The van der Waals surface area contributed by atoms with E-state index < -0.39 is 27.6 Å². The Labute approximate surface area is 221 Å². The number of benzene rings is 3. The molecule has 3 aromatic carbocycles. The van der Waals surface area contributed by atoms with Crippen molar-refractivity contribution in [1.29, 1.82) is 0 Å². The summed E-state index contributed by atoms with van der Waals surface area (Å²) in [6, 6.07) is 17.4. The molecule has 0 aliphatic rings. The van der Waals surface area contributed by atoms with E-state index in [1.807, 2.05) is 41.9 Å². The molecule has 5 heteroatoms. The minimum absolute atomic E-state index is 0.000331. The lowest BCUT2D eigenvalue weighted by Crippen LogP contribution is -2.38. The van der Waals surface area contributed by atoms with Gasteiger partial charge in [0, 0.05) is 25.9 Å². The molecule has 0 aliphatic carbocycles. The van der Waals surface area contributed by atoms with Gasteiger partial charge in [0.1, 0.15) is 12.6 Å². The van der Waals surface area contributed by atoms with Gasteiger partial charge in [-0.25, -0.2) is 13.9 Å². The van der Waals surface area contributed by atoms with Gasteiger partial charge in [-0.1, -0.05) is 55.2 Å². The number of hydrogen-bond acceptors (Lipinski definition) is 2. The minimum Gasteiger partial charge on any atom is -0.435 e. The molecule has 3 nitrogen and oxygen atoms in total. The van der Waals surface area contributed by atoms with Crippen LogP contribution in [0.5, 0.6) is 0 Å². The van der Waals surface area contributed by atoms with Crippen LogP contribution in [0.2, 0.25) is 19.6 Å². The van der Waals surface area contributed by atoms with Gasteiger partial charge in [-0.15, -0.1) is 0 Å². The third kappa shape index (κ3) is 4.18. The summed E-state index contributed by atoms with van der Waals surface area (Å²) >= 11 is 0. The molecular weight excluding hydrogens is 463 g/mol. The van der Waals surface area contributed by atoms with Crippen LogP contribution >= 0.6 is 0 Å². The molecule has 0 N–H and O–H groups in total. The van der Waals surface area contributed by atoms with E-state index in [0.29, 0.717) is 27.9 Å². The lowest BCUT2D eigenvalue weighted by molar-refractivity contribution is -0.660. The van der Waals surface area contributed by atoms with Gasteiger partial charge in [0.2, 0.25) is 11.6 Å². The Morgan fingerprint density at radius 1 is 0.889 bits per heavy atom. The molecule has 182 valence electrons. The van der Waals surface area contributed by atoms with Crippen molar-refractivity contribution < 1.29 is 21.6 Å². The lowest BCUT2D eigenvalue weighted by atomic mass is 9.94.